The number of nitrogen functional groups attached to an aromatic ring is 1. The highest BCUT2D eigenvalue weighted by Gasteiger charge is 2.29. The van der Waals surface area contributed by atoms with Crippen LogP contribution < -0.4 is 5.73 Å². The van der Waals surface area contributed by atoms with Gasteiger partial charge in [0, 0.05) is 6.42 Å². The summed E-state index contributed by atoms with van der Waals surface area (Å²) < 4.78 is 0. The molecule has 1 aromatic heterocycles. The van der Waals surface area contributed by atoms with Crippen LogP contribution in [0.5, 0.6) is 0 Å². The van der Waals surface area contributed by atoms with E-state index in [1.807, 2.05) is 0 Å². The predicted molar refractivity (Wildman–Crippen MR) is 77.8 cm³/mol. The smallest absolute Gasteiger partial charge is 0.169 e. The number of ketones is 1. The first-order valence-electron chi connectivity index (χ1n) is 6.77. The molecule has 20 heavy (non-hydrogen) atoms. The van der Waals surface area contributed by atoms with E-state index in [9.17, 15) is 4.79 Å². The van der Waals surface area contributed by atoms with Gasteiger partial charge in [0.15, 0.2) is 5.78 Å². The quantitative estimate of drug-likeness (QED) is 0.862. The largest absolute Gasteiger partial charge is 0.383 e. The monoisotopic (exact) mass is 267 g/mol. The Morgan fingerprint density at radius 2 is 1.80 bits per heavy atom. The summed E-state index contributed by atoms with van der Waals surface area (Å²) in [5.74, 6) is 1.18. The van der Waals surface area contributed by atoms with Crippen LogP contribution in [0.1, 0.15) is 45.3 Å². The van der Waals surface area contributed by atoms with Crippen molar-refractivity contribution in [2.45, 2.75) is 32.6 Å². The number of nitrogens with two attached hydrogens (primary N) is 1. The number of aryl methyl sites for hydroxylation is 2. The lowest BCUT2D eigenvalue weighted by Crippen LogP contribution is -2.23. The van der Waals surface area contributed by atoms with Crippen molar-refractivity contribution in [2.24, 2.45) is 0 Å². The van der Waals surface area contributed by atoms with Crippen LogP contribution >= 0.6 is 0 Å². The van der Waals surface area contributed by atoms with E-state index >= 15 is 0 Å². The van der Waals surface area contributed by atoms with Gasteiger partial charge in [-0.15, -0.1) is 0 Å². The molecule has 0 saturated carbocycles. The second kappa shape index (κ2) is 4.71. The summed E-state index contributed by atoms with van der Waals surface area (Å²) in [6.45, 7) is 3.86. The Bertz CT molecular complexity index is 677. The molecule has 0 amide bonds. The Balaban J connectivity index is 2.00. The normalized spacial score (nSPS) is 17.9. The molecule has 2 aromatic rings. The van der Waals surface area contributed by atoms with Crippen LogP contribution in [0.4, 0.5) is 5.82 Å². The molecule has 102 valence electrons. The van der Waals surface area contributed by atoms with E-state index in [-0.39, 0.29) is 11.7 Å². The molecular weight excluding hydrogens is 250 g/mol. The number of fused-ring (bicyclic) bond motifs is 1. The zero-order chi connectivity index (χ0) is 14.3. The number of Topliss-reactive ketones (excluding diaryl/α,β-unsaturated/α-hetero) is 1. The molecule has 0 aliphatic heterocycles. The zero-order valence-corrected chi connectivity index (χ0v) is 11.7. The maximum absolute atomic E-state index is 12.3. The van der Waals surface area contributed by atoms with E-state index in [2.05, 4.69) is 41.2 Å². The molecule has 0 spiro atoms. The first-order chi connectivity index (χ1) is 9.54. The van der Waals surface area contributed by atoms with Gasteiger partial charge in [-0.25, -0.2) is 9.97 Å². The Morgan fingerprint density at radius 3 is 2.50 bits per heavy atom. The van der Waals surface area contributed by atoms with Crippen molar-refractivity contribution in [3.05, 3.63) is 52.5 Å². The van der Waals surface area contributed by atoms with Crippen molar-refractivity contribution in [1.82, 2.24) is 9.97 Å². The summed E-state index contributed by atoms with van der Waals surface area (Å²) >= 11 is 0. The first-order valence-corrected chi connectivity index (χ1v) is 6.77. The number of nitrogens with zero attached hydrogens (tertiary/aromatic N) is 2. The van der Waals surface area contributed by atoms with Gasteiger partial charge in [-0.3, -0.25) is 4.79 Å². The lowest BCUT2D eigenvalue weighted by atomic mass is 9.81. The van der Waals surface area contributed by atoms with Crippen LogP contribution in [0.25, 0.3) is 0 Å². The highest BCUT2D eigenvalue weighted by atomic mass is 16.1. The number of hydrogen-bond donors (Lipinski definition) is 1. The van der Waals surface area contributed by atoms with Crippen molar-refractivity contribution >= 4 is 11.6 Å². The second-order valence-corrected chi connectivity index (χ2v) is 5.42. The second-order valence-electron chi connectivity index (χ2n) is 5.42. The van der Waals surface area contributed by atoms with Gasteiger partial charge in [0.2, 0.25) is 0 Å². The van der Waals surface area contributed by atoms with Crippen molar-refractivity contribution in [2.75, 3.05) is 5.73 Å². The highest BCUT2D eigenvalue weighted by Crippen LogP contribution is 2.33. The van der Waals surface area contributed by atoms with E-state index in [4.69, 9.17) is 5.73 Å². The number of carbonyl (C=O) groups is 1. The highest BCUT2D eigenvalue weighted by molar-refractivity contribution is 6.02. The third-order valence-electron chi connectivity index (χ3n) is 3.82. The van der Waals surface area contributed by atoms with Crippen LogP contribution in [0.15, 0.2) is 24.3 Å². The molecule has 0 saturated heterocycles. The van der Waals surface area contributed by atoms with E-state index < -0.39 is 0 Å². The molecule has 1 aliphatic carbocycles. The van der Waals surface area contributed by atoms with Gasteiger partial charge in [-0.2, -0.15) is 0 Å². The van der Waals surface area contributed by atoms with Gasteiger partial charge in [-0.1, -0.05) is 29.8 Å². The van der Waals surface area contributed by atoms with Crippen LogP contribution in [-0.4, -0.2) is 15.8 Å². The maximum Gasteiger partial charge on any atom is 0.169 e. The van der Waals surface area contributed by atoms with Crippen LogP contribution in [0, 0.1) is 13.8 Å². The molecule has 0 radical (unpaired) electrons. The summed E-state index contributed by atoms with van der Waals surface area (Å²) in [6.07, 6.45) is 1.23. The fourth-order valence-corrected chi connectivity index (χ4v) is 2.81. The van der Waals surface area contributed by atoms with Crippen molar-refractivity contribution in [1.29, 1.82) is 0 Å². The standard InChI is InChI=1S/C16H17N3O/c1-9-3-5-11(6-4-9)12-7-13-15(14(20)8-12)16(17)19-10(2)18-13/h3-6,12H,7-8H2,1-2H3,(H2,17,18,19)/t12-/m1/s1. The molecule has 3 rings (SSSR count). The molecule has 0 fully saturated rings. The number of hydrogen-bond acceptors (Lipinski definition) is 4. The number of benzene rings is 1. The van der Waals surface area contributed by atoms with Crippen LogP contribution in [0.2, 0.25) is 0 Å². The third kappa shape index (κ3) is 2.18. The minimum atomic E-state index is 0.0503. The van der Waals surface area contributed by atoms with Gasteiger partial charge in [-0.05, 0) is 31.7 Å². The molecular formula is C16H17N3O. The summed E-state index contributed by atoms with van der Waals surface area (Å²) in [5.41, 5.74) is 9.59. The predicted octanol–water partition coefficient (Wildman–Crippen LogP) is 2.59. The lowest BCUT2D eigenvalue weighted by Gasteiger charge is -2.24. The van der Waals surface area contributed by atoms with E-state index in [1.54, 1.807) is 6.92 Å². The average molecular weight is 267 g/mol. The Labute approximate surface area is 118 Å². The number of rotatable bonds is 1. The van der Waals surface area contributed by atoms with Crippen LogP contribution in [-0.2, 0) is 6.42 Å². The minimum Gasteiger partial charge on any atom is -0.383 e. The Morgan fingerprint density at radius 1 is 1.10 bits per heavy atom. The maximum atomic E-state index is 12.3. The number of aromatic nitrogens is 2. The summed E-state index contributed by atoms with van der Waals surface area (Å²) in [6, 6.07) is 8.34. The lowest BCUT2D eigenvalue weighted by molar-refractivity contribution is 0.0963. The van der Waals surface area contributed by atoms with Gasteiger partial charge < -0.3 is 5.73 Å². The molecule has 1 aliphatic rings. The van der Waals surface area contributed by atoms with Crippen molar-refractivity contribution in [3.8, 4) is 0 Å². The molecule has 0 unspecified atom stereocenters. The molecule has 1 aromatic carbocycles. The number of anilines is 1. The van der Waals surface area contributed by atoms with Crippen LogP contribution in [0.3, 0.4) is 0 Å². The van der Waals surface area contributed by atoms with Gasteiger partial charge >= 0.3 is 0 Å². The number of carbonyl (C=O) groups excluding carboxylic acids is 1. The molecule has 2 N–H and O–H groups in total. The fraction of sp³-hybridized carbons (Fsp3) is 0.312. The van der Waals surface area contributed by atoms with Gasteiger partial charge in [0.25, 0.3) is 0 Å². The van der Waals surface area contributed by atoms with Crippen molar-refractivity contribution < 1.29 is 4.79 Å². The Hall–Kier alpha value is -2.23. The molecule has 4 nitrogen and oxygen atoms in total. The topological polar surface area (TPSA) is 68.9 Å². The van der Waals surface area contributed by atoms with E-state index in [0.29, 0.717) is 23.6 Å². The fourth-order valence-electron chi connectivity index (χ4n) is 2.81. The Kier molecular flexibility index (Phi) is 3.01. The average Bonchev–Trinajstić information content (AvgIpc) is 2.38. The third-order valence-corrected chi connectivity index (χ3v) is 3.82. The van der Waals surface area contributed by atoms with E-state index in [1.165, 1.54) is 11.1 Å². The molecule has 4 heteroatoms. The first kappa shape index (κ1) is 12.8. The minimum absolute atomic E-state index is 0.0503. The summed E-state index contributed by atoms with van der Waals surface area (Å²) in [4.78, 5) is 20.8. The summed E-state index contributed by atoms with van der Waals surface area (Å²) in [5, 5.41) is 0. The zero-order valence-electron chi connectivity index (χ0n) is 11.7. The van der Waals surface area contributed by atoms with Gasteiger partial charge in [0.05, 0.1) is 11.3 Å². The molecule has 1 atom stereocenters. The van der Waals surface area contributed by atoms with Gasteiger partial charge in [0.1, 0.15) is 11.6 Å². The SMILES string of the molecule is Cc1ccc([C@H]2CC(=O)c3c(N)nc(C)nc3C2)cc1. The summed E-state index contributed by atoms with van der Waals surface area (Å²) in [7, 11) is 0. The molecule has 0 bridgehead atoms. The molecule has 1 heterocycles. The van der Waals surface area contributed by atoms with Crippen molar-refractivity contribution in [3.63, 3.8) is 0 Å². The van der Waals surface area contributed by atoms with E-state index in [0.717, 1.165) is 12.1 Å².